The summed E-state index contributed by atoms with van der Waals surface area (Å²) in [5.74, 6) is 0.184. The highest BCUT2D eigenvalue weighted by molar-refractivity contribution is 5.85. The third-order valence-electron chi connectivity index (χ3n) is 5.29. The van der Waals surface area contributed by atoms with Gasteiger partial charge in [-0.25, -0.2) is 0 Å². The standard InChI is InChI=1S/C18H30O4/c1-13(19)7-8-15-17(3,4)10-6-11-18(15,5)16(21)9-12-22-14(2)20/h15H,6-12H2,1-5H3/t15-,18-/m0/s1. The first-order chi connectivity index (χ1) is 10.1. The van der Waals surface area contributed by atoms with E-state index in [9.17, 15) is 14.4 Å². The minimum atomic E-state index is -0.419. The van der Waals surface area contributed by atoms with Gasteiger partial charge >= 0.3 is 5.97 Å². The highest BCUT2D eigenvalue weighted by Gasteiger charge is 2.49. The van der Waals surface area contributed by atoms with Gasteiger partial charge < -0.3 is 9.53 Å². The highest BCUT2D eigenvalue weighted by atomic mass is 16.5. The molecule has 0 saturated heterocycles. The molecule has 0 aromatic heterocycles. The van der Waals surface area contributed by atoms with Crippen LogP contribution in [0.15, 0.2) is 0 Å². The number of Topliss-reactive ketones (excluding diaryl/α,β-unsaturated/α-hetero) is 2. The molecule has 4 heteroatoms. The van der Waals surface area contributed by atoms with Crippen molar-refractivity contribution in [2.24, 2.45) is 16.7 Å². The van der Waals surface area contributed by atoms with Gasteiger partial charge in [0.05, 0.1) is 6.61 Å². The Labute approximate surface area is 134 Å². The molecule has 0 aromatic rings. The van der Waals surface area contributed by atoms with Gasteiger partial charge in [0.2, 0.25) is 0 Å². The largest absolute Gasteiger partial charge is 0.465 e. The Hall–Kier alpha value is -1.19. The van der Waals surface area contributed by atoms with Crippen LogP contribution in [-0.4, -0.2) is 24.1 Å². The number of rotatable bonds is 7. The lowest BCUT2D eigenvalue weighted by Gasteiger charge is -2.50. The monoisotopic (exact) mass is 310 g/mol. The van der Waals surface area contributed by atoms with Gasteiger partial charge in [-0.1, -0.05) is 27.2 Å². The maximum atomic E-state index is 12.8. The van der Waals surface area contributed by atoms with Gasteiger partial charge in [0, 0.05) is 25.2 Å². The normalized spacial score (nSPS) is 27.2. The Morgan fingerprint density at radius 3 is 2.23 bits per heavy atom. The minimum absolute atomic E-state index is 0.0551. The second-order valence-corrected chi connectivity index (χ2v) is 7.57. The van der Waals surface area contributed by atoms with E-state index in [-0.39, 0.29) is 41.9 Å². The summed E-state index contributed by atoms with van der Waals surface area (Å²) in [4.78, 5) is 35.0. The van der Waals surface area contributed by atoms with Crippen molar-refractivity contribution < 1.29 is 19.1 Å². The minimum Gasteiger partial charge on any atom is -0.465 e. The third kappa shape index (κ3) is 4.65. The Morgan fingerprint density at radius 2 is 1.68 bits per heavy atom. The quantitative estimate of drug-likeness (QED) is 0.673. The summed E-state index contributed by atoms with van der Waals surface area (Å²) in [6.45, 7) is 9.56. The summed E-state index contributed by atoms with van der Waals surface area (Å²) in [6.07, 6.45) is 4.53. The van der Waals surface area contributed by atoms with E-state index in [2.05, 4.69) is 13.8 Å². The molecular weight excluding hydrogens is 280 g/mol. The Bertz CT molecular complexity index is 438. The van der Waals surface area contributed by atoms with E-state index in [1.54, 1.807) is 6.92 Å². The van der Waals surface area contributed by atoms with Crippen LogP contribution in [-0.2, 0) is 19.1 Å². The summed E-state index contributed by atoms with van der Waals surface area (Å²) < 4.78 is 4.92. The lowest BCUT2D eigenvalue weighted by Crippen LogP contribution is -2.47. The van der Waals surface area contributed by atoms with E-state index < -0.39 is 5.41 Å². The molecular formula is C18H30O4. The summed E-state index contributed by atoms with van der Waals surface area (Å²) in [5.41, 5.74) is -0.364. The molecule has 0 amide bonds. The zero-order valence-electron chi connectivity index (χ0n) is 14.7. The maximum absolute atomic E-state index is 12.8. The van der Waals surface area contributed by atoms with Crippen LogP contribution in [0.5, 0.6) is 0 Å². The van der Waals surface area contributed by atoms with Gasteiger partial charge in [-0.05, 0) is 37.5 Å². The molecule has 1 saturated carbocycles. The van der Waals surface area contributed by atoms with E-state index in [0.717, 1.165) is 25.7 Å². The second kappa shape index (κ2) is 7.38. The van der Waals surface area contributed by atoms with Crippen LogP contribution < -0.4 is 0 Å². The molecule has 0 radical (unpaired) electrons. The van der Waals surface area contributed by atoms with E-state index in [1.807, 2.05) is 6.92 Å². The first-order valence-electron chi connectivity index (χ1n) is 8.25. The summed E-state index contributed by atoms with van der Waals surface area (Å²) in [7, 11) is 0. The number of carbonyl (C=O) groups excluding carboxylic acids is 3. The molecule has 0 bridgehead atoms. The molecule has 1 fully saturated rings. The van der Waals surface area contributed by atoms with Crippen LogP contribution in [0.3, 0.4) is 0 Å². The lowest BCUT2D eigenvalue weighted by atomic mass is 9.53. The van der Waals surface area contributed by atoms with Crippen molar-refractivity contribution in [3.8, 4) is 0 Å². The Morgan fingerprint density at radius 1 is 1.05 bits per heavy atom. The molecule has 126 valence electrons. The molecule has 0 heterocycles. The van der Waals surface area contributed by atoms with Crippen molar-refractivity contribution in [3.63, 3.8) is 0 Å². The van der Waals surface area contributed by atoms with Crippen molar-refractivity contribution in [3.05, 3.63) is 0 Å². The maximum Gasteiger partial charge on any atom is 0.302 e. The molecule has 1 aliphatic carbocycles. The van der Waals surface area contributed by atoms with Crippen LogP contribution >= 0.6 is 0 Å². The molecule has 0 aromatic carbocycles. The average molecular weight is 310 g/mol. The predicted molar refractivity (Wildman–Crippen MR) is 85.4 cm³/mol. The molecule has 4 nitrogen and oxygen atoms in total. The van der Waals surface area contributed by atoms with Crippen LogP contribution in [0.2, 0.25) is 0 Å². The van der Waals surface area contributed by atoms with Crippen molar-refractivity contribution in [1.82, 2.24) is 0 Å². The van der Waals surface area contributed by atoms with Gasteiger partial charge in [-0.3, -0.25) is 9.59 Å². The highest BCUT2D eigenvalue weighted by Crippen LogP contribution is 2.53. The molecule has 0 unspecified atom stereocenters. The van der Waals surface area contributed by atoms with E-state index in [1.165, 1.54) is 6.92 Å². The van der Waals surface area contributed by atoms with Crippen molar-refractivity contribution in [2.75, 3.05) is 6.61 Å². The van der Waals surface area contributed by atoms with Gasteiger partial charge in [0.25, 0.3) is 0 Å². The van der Waals surface area contributed by atoms with Gasteiger partial charge in [-0.2, -0.15) is 0 Å². The Balaban J connectivity index is 2.85. The van der Waals surface area contributed by atoms with E-state index >= 15 is 0 Å². The van der Waals surface area contributed by atoms with Crippen LogP contribution in [0.4, 0.5) is 0 Å². The lowest BCUT2D eigenvalue weighted by molar-refractivity contribution is -0.145. The van der Waals surface area contributed by atoms with Crippen LogP contribution in [0, 0.1) is 16.7 Å². The average Bonchev–Trinajstić information content (AvgIpc) is 2.36. The predicted octanol–water partition coefficient (Wildman–Crippen LogP) is 3.71. The summed E-state index contributed by atoms with van der Waals surface area (Å²) in [5, 5.41) is 0. The van der Waals surface area contributed by atoms with Gasteiger partial charge in [0.1, 0.15) is 11.6 Å². The van der Waals surface area contributed by atoms with Gasteiger partial charge in [-0.15, -0.1) is 0 Å². The molecule has 0 N–H and O–H groups in total. The molecule has 1 rings (SSSR count). The first-order valence-corrected chi connectivity index (χ1v) is 8.25. The number of carbonyl (C=O) groups is 3. The van der Waals surface area contributed by atoms with Crippen molar-refractivity contribution in [1.29, 1.82) is 0 Å². The van der Waals surface area contributed by atoms with Crippen LogP contribution in [0.25, 0.3) is 0 Å². The molecule has 2 atom stereocenters. The van der Waals surface area contributed by atoms with Gasteiger partial charge in [0.15, 0.2) is 0 Å². The molecule has 22 heavy (non-hydrogen) atoms. The fraction of sp³-hybridized carbons (Fsp3) is 0.833. The van der Waals surface area contributed by atoms with Crippen LogP contribution in [0.1, 0.15) is 73.1 Å². The third-order valence-corrected chi connectivity index (χ3v) is 5.29. The molecule has 1 aliphatic rings. The van der Waals surface area contributed by atoms with Crippen molar-refractivity contribution in [2.45, 2.75) is 73.1 Å². The molecule has 0 spiro atoms. The summed E-state index contributed by atoms with van der Waals surface area (Å²) in [6, 6.07) is 0. The van der Waals surface area contributed by atoms with Crippen molar-refractivity contribution >= 4 is 17.5 Å². The topological polar surface area (TPSA) is 60.4 Å². The number of ether oxygens (including phenoxy) is 1. The number of hydrogen-bond acceptors (Lipinski definition) is 4. The number of ketones is 2. The fourth-order valence-corrected chi connectivity index (χ4v) is 4.09. The first kappa shape index (κ1) is 18.9. The fourth-order valence-electron chi connectivity index (χ4n) is 4.09. The number of hydrogen-bond donors (Lipinski definition) is 0. The van der Waals surface area contributed by atoms with E-state index in [0.29, 0.717) is 6.42 Å². The zero-order chi connectivity index (χ0) is 17.0. The second-order valence-electron chi connectivity index (χ2n) is 7.57. The summed E-state index contributed by atoms with van der Waals surface area (Å²) >= 11 is 0. The zero-order valence-corrected chi connectivity index (χ0v) is 14.7. The molecule has 0 aliphatic heterocycles. The Kier molecular flexibility index (Phi) is 6.33. The SMILES string of the molecule is CC(=O)CC[C@H]1C(C)(C)CCC[C@]1(C)C(=O)CCOC(C)=O. The number of esters is 1. The van der Waals surface area contributed by atoms with E-state index in [4.69, 9.17) is 4.74 Å². The smallest absolute Gasteiger partial charge is 0.302 e.